The van der Waals surface area contributed by atoms with Crippen molar-refractivity contribution in [3.63, 3.8) is 0 Å². The van der Waals surface area contributed by atoms with Crippen LogP contribution in [0.25, 0.3) is 0 Å². The summed E-state index contributed by atoms with van der Waals surface area (Å²) < 4.78 is 1.97. The van der Waals surface area contributed by atoms with E-state index < -0.39 is 0 Å². The van der Waals surface area contributed by atoms with Crippen molar-refractivity contribution in [3.8, 4) is 0 Å². The van der Waals surface area contributed by atoms with Crippen LogP contribution in [0, 0.1) is 6.92 Å². The van der Waals surface area contributed by atoms with E-state index in [-0.39, 0.29) is 5.91 Å². The highest BCUT2D eigenvalue weighted by Gasteiger charge is 2.10. The molecule has 128 valence electrons. The van der Waals surface area contributed by atoms with Crippen molar-refractivity contribution < 1.29 is 4.79 Å². The van der Waals surface area contributed by atoms with Gasteiger partial charge in [0.05, 0.1) is 12.1 Å². The number of amides is 1. The standard InChI is InChI=1S/C19H21N5O/c1-14-4-7-16(8-5-14)22-19(25)15-6-9-17(21-12-15)24(3)13-18-20-10-11-23(18)2/h4-12H,13H2,1-3H3,(H,22,25). The number of hydrogen-bond acceptors (Lipinski definition) is 4. The van der Waals surface area contributed by atoms with Crippen molar-refractivity contribution in [1.82, 2.24) is 14.5 Å². The van der Waals surface area contributed by atoms with Crippen LogP contribution in [0.4, 0.5) is 11.5 Å². The molecule has 0 spiro atoms. The van der Waals surface area contributed by atoms with Gasteiger partial charge in [-0.25, -0.2) is 9.97 Å². The minimum absolute atomic E-state index is 0.172. The van der Waals surface area contributed by atoms with Crippen LogP contribution in [0.3, 0.4) is 0 Å². The Labute approximate surface area is 147 Å². The number of nitrogens with zero attached hydrogens (tertiary/aromatic N) is 4. The van der Waals surface area contributed by atoms with Crippen LogP contribution in [-0.4, -0.2) is 27.5 Å². The molecule has 1 N–H and O–H groups in total. The van der Waals surface area contributed by atoms with Crippen LogP contribution < -0.4 is 10.2 Å². The number of hydrogen-bond donors (Lipinski definition) is 1. The Kier molecular flexibility index (Phi) is 4.79. The van der Waals surface area contributed by atoms with E-state index in [2.05, 4.69) is 15.3 Å². The van der Waals surface area contributed by atoms with Gasteiger partial charge in [-0.15, -0.1) is 0 Å². The molecule has 0 radical (unpaired) electrons. The maximum Gasteiger partial charge on any atom is 0.257 e. The van der Waals surface area contributed by atoms with Gasteiger partial charge in [-0.3, -0.25) is 4.79 Å². The molecule has 2 heterocycles. The summed E-state index contributed by atoms with van der Waals surface area (Å²) in [7, 11) is 3.91. The molecule has 0 aliphatic carbocycles. The van der Waals surface area contributed by atoms with E-state index in [1.165, 1.54) is 0 Å². The van der Waals surface area contributed by atoms with Crippen molar-refractivity contribution >= 4 is 17.4 Å². The molecule has 2 aromatic heterocycles. The summed E-state index contributed by atoms with van der Waals surface area (Å²) in [6.07, 6.45) is 5.28. The van der Waals surface area contributed by atoms with Gasteiger partial charge < -0.3 is 14.8 Å². The first-order chi connectivity index (χ1) is 12.0. The van der Waals surface area contributed by atoms with E-state index in [4.69, 9.17) is 0 Å². The number of anilines is 2. The summed E-state index contributed by atoms with van der Waals surface area (Å²) in [6.45, 7) is 2.65. The molecule has 3 aromatic rings. The Morgan fingerprint density at radius 3 is 2.52 bits per heavy atom. The van der Waals surface area contributed by atoms with Crippen molar-refractivity contribution in [2.45, 2.75) is 13.5 Å². The van der Waals surface area contributed by atoms with Crippen LogP contribution in [0.15, 0.2) is 55.0 Å². The molecule has 0 saturated heterocycles. The van der Waals surface area contributed by atoms with Gasteiger partial charge in [0, 0.05) is 38.4 Å². The molecule has 25 heavy (non-hydrogen) atoms. The van der Waals surface area contributed by atoms with Crippen LogP contribution in [-0.2, 0) is 13.6 Å². The highest BCUT2D eigenvalue weighted by molar-refractivity contribution is 6.04. The normalized spacial score (nSPS) is 10.5. The molecule has 0 atom stereocenters. The van der Waals surface area contributed by atoms with Gasteiger partial charge in [0.25, 0.3) is 5.91 Å². The number of nitrogens with one attached hydrogen (secondary N) is 1. The summed E-state index contributed by atoms with van der Waals surface area (Å²) in [4.78, 5) is 23.0. The summed E-state index contributed by atoms with van der Waals surface area (Å²) >= 11 is 0. The quantitative estimate of drug-likeness (QED) is 0.778. The Morgan fingerprint density at radius 2 is 1.92 bits per heavy atom. The van der Waals surface area contributed by atoms with E-state index >= 15 is 0 Å². The molecule has 6 heteroatoms. The first-order valence-electron chi connectivity index (χ1n) is 8.04. The van der Waals surface area contributed by atoms with Crippen molar-refractivity contribution in [3.05, 3.63) is 71.9 Å². The average molecular weight is 335 g/mol. The second-order valence-corrected chi connectivity index (χ2v) is 6.04. The van der Waals surface area contributed by atoms with E-state index in [0.717, 1.165) is 22.9 Å². The smallest absolute Gasteiger partial charge is 0.257 e. The van der Waals surface area contributed by atoms with Gasteiger partial charge in [-0.2, -0.15) is 0 Å². The number of aryl methyl sites for hydroxylation is 2. The highest BCUT2D eigenvalue weighted by Crippen LogP contribution is 2.14. The third-order valence-corrected chi connectivity index (χ3v) is 4.01. The maximum atomic E-state index is 12.3. The number of pyridine rings is 1. The van der Waals surface area contributed by atoms with Crippen LogP contribution in [0.5, 0.6) is 0 Å². The van der Waals surface area contributed by atoms with Crippen molar-refractivity contribution in [2.75, 3.05) is 17.3 Å². The summed E-state index contributed by atoms with van der Waals surface area (Å²) in [5.74, 6) is 1.56. The van der Waals surface area contributed by atoms with Crippen LogP contribution in [0.1, 0.15) is 21.7 Å². The van der Waals surface area contributed by atoms with E-state index in [9.17, 15) is 4.79 Å². The van der Waals surface area contributed by atoms with Gasteiger partial charge in [0.15, 0.2) is 0 Å². The monoisotopic (exact) mass is 335 g/mol. The topological polar surface area (TPSA) is 63.1 Å². The minimum atomic E-state index is -0.172. The number of benzene rings is 1. The Balaban J connectivity index is 1.65. The molecule has 0 aliphatic heterocycles. The largest absolute Gasteiger partial charge is 0.352 e. The first-order valence-corrected chi connectivity index (χ1v) is 8.04. The molecule has 0 aliphatic rings. The number of imidazole rings is 1. The fourth-order valence-electron chi connectivity index (χ4n) is 2.43. The van der Waals surface area contributed by atoms with Crippen molar-refractivity contribution in [1.29, 1.82) is 0 Å². The van der Waals surface area contributed by atoms with Gasteiger partial charge in [-0.1, -0.05) is 17.7 Å². The third-order valence-electron chi connectivity index (χ3n) is 4.01. The summed E-state index contributed by atoms with van der Waals surface area (Å²) in [5, 5.41) is 2.87. The molecular formula is C19H21N5O. The average Bonchev–Trinajstić information content (AvgIpc) is 3.02. The lowest BCUT2D eigenvalue weighted by molar-refractivity contribution is 0.102. The second-order valence-electron chi connectivity index (χ2n) is 6.04. The van der Waals surface area contributed by atoms with Gasteiger partial charge in [0.2, 0.25) is 0 Å². The van der Waals surface area contributed by atoms with E-state index in [1.807, 2.05) is 67.0 Å². The van der Waals surface area contributed by atoms with Gasteiger partial charge in [-0.05, 0) is 31.2 Å². The van der Waals surface area contributed by atoms with E-state index in [1.54, 1.807) is 18.5 Å². The Bertz CT molecular complexity index is 852. The molecule has 0 fully saturated rings. The van der Waals surface area contributed by atoms with Crippen molar-refractivity contribution in [2.24, 2.45) is 7.05 Å². The molecular weight excluding hydrogens is 314 g/mol. The molecule has 0 unspecified atom stereocenters. The lowest BCUT2D eigenvalue weighted by Gasteiger charge is -2.18. The SMILES string of the molecule is Cc1ccc(NC(=O)c2ccc(N(C)Cc3nccn3C)nc2)cc1. The Morgan fingerprint density at radius 1 is 1.16 bits per heavy atom. The summed E-state index contributed by atoms with van der Waals surface area (Å²) in [5.41, 5.74) is 2.45. The lowest BCUT2D eigenvalue weighted by Crippen LogP contribution is -2.20. The lowest BCUT2D eigenvalue weighted by atomic mass is 10.2. The number of rotatable bonds is 5. The predicted molar refractivity (Wildman–Crippen MR) is 98.7 cm³/mol. The minimum Gasteiger partial charge on any atom is -0.352 e. The number of aromatic nitrogens is 3. The predicted octanol–water partition coefficient (Wildman–Crippen LogP) is 3.01. The molecule has 1 amide bonds. The third kappa shape index (κ3) is 4.03. The van der Waals surface area contributed by atoms with Crippen LogP contribution in [0.2, 0.25) is 0 Å². The second kappa shape index (κ2) is 7.17. The maximum absolute atomic E-state index is 12.3. The van der Waals surface area contributed by atoms with Crippen LogP contribution >= 0.6 is 0 Å². The number of carbonyl (C=O) groups is 1. The highest BCUT2D eigenvalue weighted by atomic mass is 16.1. The fraction of sp³-hybridized carbons (Fsp3) is 0.211. The van der Waals surface area contributed by atoms with Gasteiger partial charge in [0.1, 0.15) is 11.6 Å². The summed E-state index contributed by atoms with van der Waals surface area (Å²) in [6, 6.07) is 11.3. The van der Waals surface area contributed by atoms with Gasteiger partial charge >= 0.3 is 0 Å². The fourth-order valence-corrected chi connectivity index (χ4v) is 2.43. The Hall–Kier alpha value is -3.15. The molecule has 6 nitrogen and oxygen atoms in total. The number of carbonyl (C=O) groups excluding carboxylic acids is 1. The first kappa shape index (κ1) is 16.7. The zero-order valence-electron chi connectivity index (χ0n) is 14.6. The molecule has 0 bridgehead atoms. The molecule has 1 aromatic carbocycles. The van der Waals surface area contributed by atoms with E-state index in [0.29, 0.717) is 12.1 Å². The zero-order chi connectivity index (χ0) is 17.8. The molecule has 0 saturated carbocycles. The zero-order valence-corrected chi connectivity index (χ0v) is 14.6. The molecule has 3 rings (SSSR count).